The predicted molar refractivity (Wildman–Crippen MR) is 88.8 cm³/mol. The highest BCUT2D eigenvalue weighted by molar-refractivity contribution is 5.05. The first kappa shape index (κ1) is 17.2. The van der Waals surface area contributed by atoms with Gasteiger partial charge in [-0.2, -0.15) is 0 Å². The molecular weight excluding hydrogens is 262 g/mol. The third-order valence-electron chi connectivity index (χ3n) is 5.34. The summed E-state index contributed by atoms with van der Waals surface area (Å²) in [5.74, 6) is 0.537. The fourth-order valence-electron chi connectivity index (χ4n) is 4.37. The van der Waals surface area contributed by atoms with Gasteiger partial charge >= 0.3 is 0 Å². The quantitative estimate of drug-likeness (QED) is 0.837. The second kappa shape index (κ2) is 6.53. The van der Waals surface area contributed by atoms with Crippen LogP contribution in [0.15, 0.2) is 0 Å². The third-order valence-corrected chi connectivity index (χ3v) is 5.34. The molecule has 4 heteroatoms. The molecule has 2 unspecified atom stereocenters. The fourth-order valence-corrected chi connectivity index (χ4v) is 4.37. The van der Waals surface area contributed by atoms with Gasteiger partial charge in [0.05, 0.1) is 11.2 Å². The number of rotatable bonds is 5. The van der Waals surface area contributed by atoms with E-state index in [1.54, 1.807) is 0 Å². The van der Waals surface area contributed by atoms with Crippen LogP contribution in [0.1, 0.15) is 41.0 Å². The van der Waals surface area contributed by atoms with Gasteiger partial charge in [-0.05, 0) is 47.7 Å². The van der Waals surface area contributed by atoms with E-state index >= 15 is 0 Å². The highest BCUT2D eigenvalue weighted by Crippen LogP contribution is 2.42. The van der Waals surface area contributed by atoms with Gasteiger partial charge in [0.25, 0.3) is 0 Å². The molecule has 2 heterocycles. The Morgan fingerprint density at radius 3 is 2.10 bits per heavy atom. The summed E-state index contributed by atoms with van der Waals surface area (Å²) in [7, 11) is 2.07. The maximum Gasteiger partial charge on any atom is 0.0790 e. The van der Waals surface area contributed by atoms with Crippen molar-refractivity contribution >= 4 is 0 Å². The van der Waals surface area contributed by atoms with Gasteiger partial charge in [0, 0.05) is 44.7 Å². The van der Waals surface area contributed by atoms with Crippen LogP contribution in [0.3, 0.4) is 0 Å². The summed E-state index contributed by atoms with van der Waals surface area (Å²) in [6, 6.07) is 0.418. The maximum absolute atomic E-state index is 6.35. The van der Waals surface area contributed by atoms with E-state index in [0.717, 1.165) is 6.54 Å². The van der Waals surface area contributed by atoms with Crippen LogP contribution in [0.2, 0.25) is 0 Å². The first-order chi connectivity index (χ1) is 9.80. The van der Waals surface area contributed by atoms with Crippen molar-refractivity contribution in [2.24, 2.45) is 5.92 Å². The Bertz CT molecular complexity index is 335. The summed E-state index contributed by atoms with van der Waals surface area (Å²) in [5, 5.41) is 3.52. The Balaban J connectivity index is 1.95. The molecule has 0 aromatic heterocycles. The lowest BCUT2D eigenvalue weighted by atomic mass is 9.82. The fraction of sp³-hybridized carbons (Fsp3) is 1.00. The van der Waals surface area contributed by atoms with Crippen molar-refractivity contribution in [2.75, 3.05) is 46.3 Å². The SMILES string of the molecule is CCCN1CCN(CC2C(NC)C(C)(C)OC2(C)C)CC1. The van der Waals surface area contributed by atoms with Crippen LogP contribution in [0, 0.1) is 5.92 Å². The number of piperazine rings is 1. The van der Waals surface area contributed by atoms with Crippen molar-refractivity contribution < 1.29 is 4.74 Å². The second-order valence-electron chi connectivity index (χ2n) is 7.82. The number of hydrogen-bond donors (Lipinski definition) is 1. The molecule has 124 valence electrons. The summed E-state index contributed by atoms with van der Waals surface area (Å²) in [6.07, 6.45) is 1.26. The Kier molecular flexibility index (Phi) is 5.35. The molecule has 2 atom stereocenters. The van der Waals surface area contributed by atoms with Crippen molar-refractivity contribution in [3.8, 4) is 0 Å². The highest BCUT2D eigenvalue weighted by atomic mass is 16.5. The zero-order valence-electron chi connectivity index (χ0n) is 14.9. The molecule has 2 rings (SSSR count). The molecule has 0 spiro atoms. The molecule has 0 saturated carbocycles. The van der Waals surface area contributed by atoms with Crippen LogP contribution in [-0.2, 0) is 4.74 Å². The Morgan fingerprint density at radius 1 is 1.00 bits per heavy atom. The molecule has 2 saturated heterocycles. The van der Waals surface area contributed by atoms with Gasteiger partial charge < -0.3 is 19.9 Å². The van der Waals surface area contributed by atoms with Gasteiger partial charge in [0.2, 0.25) is 0 Å². The van der Waals surface area contributed by atoms with Crippen LogP contribution < -0.4 is 5.32 Å². The summed E-state index contributed by atoms with van der Waals surface area (Å²) in [4.78, 5) is 5.22. The minimum atomic E-state index is -0.0903. The van der Waals surface area contributed by atoms with Crippen molar-refractivity contribution in [2.45, 2.75) is 58.3 Å². The zero-order chi connectivity index (χ0) is 15.7. The zero-order valence-corrected chi connectivity index (χ0v) is 14.9. The molecule has 21 heavy (non-hydrogen) atoms. The molecule has 2 aliphatic rings. The molecule has 0 aliphatic carbocycles. The highest BCUT2D eigenvalue weighted by Gasteiger charge is 2.53. The lowest BCUT2D eigenvalue weighted by Crippen LogP contribution is -2.53. The molecule has 0 aromatic carbocycles. The molecule has 0 amide bonds. The Morgan fingerprint density at radius 2 is 1.57 bits per heavy atom. The average molecular weight is 297 g/mol. The number of hydrogen-bond acceptors (Lipinski definition) is 4. The van der Waals surface area contributed by atoms with Gasteiger partial charge in [-0.1, -0.05) is 6.92 Å². The lowest BCUT2D eigenvalue weighted by molar-refractivity contribution is -0.0800. The van der Waals surface area contributed by atoms with Crippen molar-refractivity contribution in [1.82, 2.24) is 15.1 Å². The topological polar surface area (TPSA) is 27.7 Å². The average Bonchev–Trinajstić information content (AvgIpc) is 2.56. The molecule has 2 aliphatic heterocycles. The van der Waals surface area contributed by atoms with Gasteiger partial charge in [-0.15, -0.1) is 0 Å². The van der Waals surface area contributed by atoms with E-state index in [9.17, 15) is 0 Å². The first-order valence-electron chi connectivity index (χ1n) is 8.62. The van der Waals surface area contributed by atoms with Gasteiger partial charge in [-0.25, -0.2) is 0 Å². The van der Waals surface area contributed by atoms with E-state index in [1.165, 1.54) is 39.1 Å². The predicted octanol–water partition coefficient (Wildman–Crippen LogP) is 1.81. The first-order valence-corrected chi connectivity index (χ1v) is 8.62. The van der Waals surface area contributed by atoms with Gasteiger partial charge in [0.1, 0.15) is 0 Å². The van der Waals surface area contributed by atoms with E-state index in [4.69, 9.17) is 4.74 Å². The Hall–Kier alpha value is -0.160. The minimum absolute atomic E-state index is 0.0578. The summed E-state index contributed by atoms with van der Waals surface area (Å²) in [6.45, 7) is 18.4. The van der Waals surface area contributed by atoms with Gasteiger partial charge in [-0.3, -0.25) is 0 Å². The van der Waals surface area contributed by atoms with Crippen LogP contribution in [0.5, 0.6) is 0 Å². The summed E-state index contributed by atoms with van der Waals surface area (Å²) in [5.41, 5.74) is -0.148. The monoisotopic (exact) mass is 297 g/mol. The molecule has 1 N–H and O–H groups in total. The van der Waals surface area contributed by atoms with Crippen LogP contribution in [0.25, 0.3) is 0 Å². The molecule has 2 fully saturated rings. The molecule has 0 bridgehead atoms. The van der Waals surface area contributed by atoms with Crippen molar-refractivity contribution in [3.05, 3.63) is 0 Å². The van der Waals surface area contributed by atoms with E-state index in [2.05, 4.69) is 56.8 Å². The third kappa shape index (κ3) is 3.79. The molecular formula is C17H35N3O. The second-order valence-corrected chi connectivity index (χ2v) is 7.82. The minimum Gasteiger partial charge on any atom is -0.368 e. The maximum atomic E-state index is 6.35. The van der Waals surface area contributed by atoms with Crippen LogP contribution in [0.4, 0.5) is 0 Å². The van der Waals surface area contributed by atoms with Crippen molar-refractivity contribution in [1.29, 1.82) is 0 Å². The summed E-state index contributed by atoms with van der Waals surface area (Å²) < 4.78 is 6.35. The molecule has 4 nitrogen and oxygen atoms in total. The number of ether oxygens (including phenoxy) is 1. The van der Waals surface area contributed by atoms with Crippen LogP contribution in [-0.4, -0.2) is 73.4 Å². The molecule has 0 aromatic rings. The molecule has 0 radical (unpaired) electrons. The van der Waals surface area contributed by atoms with E-state index in [1.807, 2.05) is 0 Å². The number of likely N-dealkylation sites (N-methyl/N-ethyl adjacent to an activating group) is 1. The number of nitrogens with one attached hydrogen (secondary N) is 1. The Labute approximate surface area is 131 Å². The van der Waals surface area contributed by atoms with E-state index in [-0.39, 0.29) is 11.2 Å². The standard InChI is InChI=1S/C17H35N3O/c1-7-8-19-9-11-20(12-10-19)13-14-15(18-6)17(4,5)21-16(14,2)3/h14-15,18H,7-13H2,1-6H3. The number of nitrogens with zero attached hydrogens (tertiary/aromatic N) is 2. The van der Waals surface area contributed by atoms with E-state index in [0.29, 0.717) is 12.0 Å². The summed E-state index contributed by atoms with van der Waals surface area (Å²) >= 11 is 0. The largest absolute Gasteiger partial charge is 0.368 e. The van der Waals surface area contributed by atoms with Crippen LogP contribution >= 0.6 is 0 Å². The lowest BCUT2D eigenvalue weighted by Gasteiger charge is -2.39. The normalized spacial score (nSPS) is 33.4. The van der Waals surface area contributed by atoms with Crippen molar-refractivity contribution in [3.63, 3.8) is 0 Å². The van der Waals surface area contributed by atoms with E-state index < -0.39 is 0 Å². The smallest absolute Gasteiger partial charge is 0.0790 e. The van der Waals surface area contributed by atoms with Gasteiger partial charge in [0.15, 0.2) is 0 Å².